The van der Waals surface area contributed by atoms with Gasteiger partial charge in [0, 0.05) is 5.02 Å². The molecule has 23 heavy (non-hydrogen) atoms. The van der Waals surface area contributed by atoms with Crippen molar-refractivity contribution in [2.75, 3.05) is 6.61 Å². The third-order valence-electron chi connectivity index (χ3n) is 3.57. The molecule has 0 radical (unpaired) electrons. The van der Waals surface area contributed by atoms with Gasteiger partial charge in [0.25, 0.3) is 0 Å². The fourth-order valence-corrected chi connectivity index (χ4v) is 2.48. The molecular weight excluding hydrogens is 312 g/mol. The number of fused-ring (bicyclic) bond motifs is 1. The van der Waals surface area contributed by atoms with Crippen LogP contribution in [0.4, 0.5) is 0 Å². The maximum atomic E-state index is 12.3. The van der Waals surface area contributed by atoms with Crippen molar-refractivity contribution < 1.29 is 14.3 Å². The second kappa shape index (κ2) is 6.88. The molecule has 0 amide bonds. The third-order valence-corrected chi connectivity index (χ3v) is 3.81. The molecule has 0 aliphatic carbocycles. The van der Waals surface area contributed by atoms with Crippen LogP contribution in [0.2, 0.25) is 5.02 Å². The van der Waals surface area contributed by atoms with Crippen LogP contribution in [0, 0.1) is 0 Å². The number of benzene rings is 2. The Balaban J connectivity index is 1.74. The summed E-state index contributed by atoms with van der Waals surface area (Å²) in [6, 6.07) is 12.6. The van der Waals surface area contributed by atoms with Crippen LogP contribution >= 0.6 is 11.6 Å². The summed E-state index contributed by atoms with van der Waals surface area (Å²) in [7, 11) is 0. The van der Waals surface area contributed by atoms with Crippen LogP contribution in [0.3, 0.4) is 0 Å². The summed E-state index contributed by atoms with van der Waals surface area (Å²) in [5, 5.41) is 0.524. The van der Waals surface area contributed by atoms with Crippen molar-refractivity contribution in [1.82, 2.24) is 0 Å². The summed E-state index contributed by atoms with van der Waals surface area (Å²) >= 11 is 5.92. The van der Waals surface area contributed by atoms with Crippen molar-refractivity contribution in [3.63, 3.8) is 0 Å². The topological polar surface area (TPSA) is 35.5 Å². The van der Waals surface area contributed by atoms with Crippen molar-refractivity contribution in [2.45, 2.75) is 19.8 Å². The fourth-order valence-electron chi connectivity index (χ4n) is 2.31. The fraction of sp³-hybridized carbons (Fsp3) is 0.211. The Morgan fingerprint density at radius 1 is 1.17 bits per heavy atom. The highest BCUT2D eigenvalue weighted by atomic mass is 35.5. The van der Waals surface area contributed by atoms with Crippen molar-refractivity contribution in [1.29, 1.82) is 0 Å². The van der Waals surface area contributed by atoms with Gasteiger partial charge in [0.15, 0.2) is 5.76 Å². The smallest absolute Gasteiger partial charge is 0.232 e. The number of hydrogen-bond acceptors (Lipinski definition) is 3. The monoisotopic (exact) mass is 328 g/mol. The lowest BCUT2D eigenvalue weighted by atomic mass is 10.1. The molecule has 1 aliphatic rings. The van der Waals surface area contributed by atoms with Crippen molar-refractivity contribution >= 4 is 23.5 Å². The molecule has 0 aromatic heterocycles. The van der Waals surface area contributed by atoms with Crippen molar-refractivity contribution in [3.8, 4) is 11.5 Å². The third kappa shape index (κ3) is 3.57. The van der Waals surface area contributed by atoms with Gasteiger partial charge >= 0.3 is 0 Å². The molecule has 4 heteroatoms. The van der Waals surface area contributed by atoms with E-state index in [1.165, 1.54) is 0 Å². The van der Waals surface area contributed by atoms with Crippen LogP contribution in [-0.2, 0) is 0 Å². The Morgan fingerprint density at radius 2 is 1.96 bits per heavy atom. The van der Waals surface area contributed by atoms with Gasteiger partial charge < -0.3 is 9.47 Å². The Bertz CT molecular complexity index is 748. The molecule has 0 bridgehead atoms. The molecule has 1 heterocycles. The van der Waals surface area contributed by atoms with E-state index < -0.39 is 0 Å². The lowest BCUT2D eigenvalue weighted by Gasteiger charge is -2.05. The van der Waals surface area contributed by atoms with Crippen LogP contribution in [0.15, 0.2) is 48.2 Å². The summed E-state index contributed by atoms with van der Waals surface area (Å²) in [5.41, 5.74) is 1.39. The number of halogens is 1. The first-order valence-corrected chi connectivity index (χ1v) is 8.02. The predicted molar refractivity (Wildman–Crippen MR) is 91.2 cm³/mol. The molecule has 0 atom stereocenters. The molecule has 0 saturated carbocycles. The number of Topliss-reactive ketones (excluding diaryl/α,β-unsaturated/α-hetero) is 1. The average Bonchev–Trinajstić information content (AvgIpc) is 2.85. The van der Waals surface area contributed by atoms with Gasteiger partial charge in [-0.1, -0.05) is 37.1 Å². The number of ether oxygens (including phenoxy) is 2. The minimum Gasteiger partial charge on any atom is -0.494 e. The van der Waals surface area contributed by atoms with E-state index in [0.29, 0.717) is 28.7 Å². The molecule has 2 aromatic rings. The van der Waals surface area contributed by atoms with Gasteiger partial charge in [-0.2, -0.15) is 0 Å². The minimum absolute atomic E-state index is 0.147. The number of unbranched alkanes of at least 4 members (excludes halogenated alkanes) is 1. The molecule has 0 saturated heterocycles. The largest absolute Gasteiger partial charge is 0.494 e. The second-order valence-corrected chi connectivity index (χ2v) is 5.79. The molecule has 118 valence electrons. The predicted octanol–water partition coefficient (Wildman–Crippen LogP) is 5.14. The molecule has 0 unspecified atom stereocenters. The van der Waals surface area contributed by atoms with Crippen LogP contribution in [0.25, 0.3) is 6.08 Å². The van der Waals surface area contributed by atoms with Gasteiger partial charge in [-0.3, -0.25) is 4.79 Å². The molecule has 3 nitrogen and oxygen atoms in total. The lowest BCUT2D eigenvalue weighted by molar-refractivity contribution is 0.101. The standard InChI is InChI=1S/C19H17ClO3/c1-2-3-10-22-15-7-4-13(5-8-15)11-18-19(21)16-12-14(20)6-9-17(16)23-18/h4-9,11-12H,2-3,10H2,1H3/b18-11-. The van der Waals surface area contributed by atoms with Crippen LogP contribution in [-0.4, -0.2) is 12.4 Å². The van der Waals surface area contributed by atoms with E-state index in [2.05, 4.69) is 6.92 Å². The van der Waals surface area contributed by atoms with Gasteiger partial charge in [-0.05, 0) is 48.4 Å². The molecule has 1 aliphatic heterocycles. The molecule has 2 aromatic carbocycles. The first kappa shape index (κ1) is 15.6. The van der Waals surface area contributed by atoms with Gasteiger partial charge in [-0.25, -0.2) is 0 Å². The van der Waals surface area contributed by atoms with Crippen LogP contribution in [0.1, 0.15) is 35.7 Å². The molecule has 3 rings (SSSR count). The normalized spacial score (nSPS) is 14.7. The Morgan fingerprint density at radius 3 is 2.70 bits per heavy atom. The minimum atomic E-state index is -0.147. The first-order valence-electron chi connectivity index (χ1n) is 7.64. The van der Waals surface area contributed by atoms with E-state index in [9.17, 15) is 4.79 Å². The highest BCUT2D eigenvalue weighted by molar-refractivity contribution is 6.31. The van der Waals surface area contributed by atoms with Crippen molar-refractivity contribution in [2.24, 2.45) is 0 Å². The van der Waals surface area contributed by atoms with E-state index >= 15 is 0 Å². The lowest BCUT2D eigenvalue weighted by Crippen LogP contribution is -1.98. The SMILES string of the molecule is CCCCOc1ccc(/C=C2\Oc3ccc(Cl)cc3C2=O)cc1. The number of hydrogen-bond donors (Lipinski definition) is 0. The highest BCUT2D eigenvalue weighted by Gasteiger charge is 2.27. The summed E-state index contributed by atoms with van der Waals surface area (Å²) < 4.78 is 11.2. The summed E-state index contributed by atoms with van der Waals surface area (Å²) in [6.45, 7) is 2.84. The zero-order valence-electron chi connectivity index (χ0n) is 12.8. The molecular formula is C19H17ClO3. The number of carbonyl (C=O) groups excluding carboxylic acids is 1. The van der Waals surface area contributed by atoms with Crippen molar-refractivity contribution in [3.05, 3.63) is 64.4 Å². The number of allylic oxidation sites excluding steroid dienone is 1. The maximum Gasteiger partial charge on any atom is 0.232 e. The average molecular weight is 329 g/mol. The van der Waals surface area contributed by atoms with Crippen LogP contribution in [0.5, 0.6) is 11.5 Å². The molecule has 0 N–H and O–H groups in total. The maximum absolute atomic E-state index is 12.3. The van der Waals surface area contributed by atoms with Gasteiger partial charge in [0.1, 0.15) is 11.5 Å². The van der Waals surface area contributed by atoms with E-state index in [-0.39, 0.29) is 5.78 Å². The first-order chi connectivity index (χ1) is 11.2. The summed E-state index contributed by atoms with van der Waals surface area (Å²) in [4.78, 5) is 12.3. The quantitative estimate of drug-likeness (QED) is 0.563. The van der Waals surface area contributed by atoms with Crippen LogP contribution < -0.4 is 9.47 Å². The molecule has 0 spiro atoms. The van der Waals surface area contributed by atoms with Gasteiger partial charge in [0.2, 0.25) is 5.78 Å². The van der Waals surface area contributed by atoms with Gasteiger partial charge in [0.05, 0.1) is 12.2 Å². The number of rotatable bonds is 5. The number of carbonyl (C=O) groups is 1. The van der Waals surface area contributed by atoms with E-state index in [1.807, 2.05) is 24.3 Å². The van der Waals surface area contributed by atoms with Gasteiger partial charge in [-0.15, -0.1) is 0 Å². The molecule has 0 fully saturated rings. The highest BCUT2D eigenvalue weighted by Crippen LogP contribution is 2.33. The van der Waals surface area contributed by atoms with E-state index in [0.717, 1.165) is 24.2 Å². The second-order valence-electron chi connectivity index (χ2n) is 5.35. The zero-order chi connectivity index (χ0) is 16.2. The summed E-state index contributed by atoms with van der Waals surface area (Å²) in [6.07, 6.45) is 3.87. The number of ketones is 1. The summed E-state index contributed by atoms with van der Waals surface area (Å²) in [5.74, 6) is 1.53. The Kier molecular flexibility index (Phi) is 4.68. The van der Waals surface area contributed by atoms with E-state index in [1.54, 1.807) is 24.3 Å². The van der Waals surface area contributed by atoms with E-state index in [4.69, 9.17) is 21.1 Å². The Hall–Kier alpha value is -2.26. The Labute approximate surface area is 140 Å². The zero-order valence-corrected chi connectivity index (χ0v) is 13.6.